The van der Waals surface area contributed by atoms with Crippen molar-refractivity contribution in [3.05, 3.63) is 78.6 Å². The van der Waals surface area contributed by atoms with E-state index >= 15 is 0 Å². The van der Waals surface area contributed by atoms with Gasteiger partial charge in [0.2, 0.25) is 0 Å². The van der Waals surface area contributed by atoms with Crippen LogP contribution in [0.25, 0.3) is 0 Å². The summed E-state index contributed by atoms with van der Waals surface area (Å²) >= 11 is 0. The van der Waals surface area contributed by atoms with Gasteiger partial charge in [0.25, 0.3) is 0 Å². The van der Waals surface area contributed by atoms with Crippen molar-refractivity contribution in [2.45, 2.75) is 24.5 Å². The van der Waals surface area contributed by atoms with E-state index in [4.69, 9.17) is 0 Å². The zero-order chi connectivity index (χ0) is 20.5. The van der Waals surface area contributed by atoms with E-state index in [2.05, 4.69) is 0 Å². The van der Waals surface area contributed by atoms with Gasteiger partial charge in [-0.2, -0.15) is 10.9 Å². The van der Waals surface area contributed by atoms with Crippen LogP contribution < -0.4 is 0 Å². The minimum atomic E-state index is -3.42. The van der Waals surface area contributed by atoms with Crippen molar-refractivity contribution in [3.8, 4) is 0 Å². The minimum Gasteiger partial charge on any atom is -0.224 e. The maximum Gasteiger partial charge on any atom is 0.175 e. The van der Waals surface area contributed by atoms with E-state index in [0.29, 0.717) is 14.7 Å². The van der Waals surface area contributed by atoms with Crippen molar-refractivity contribution in [2.24, 2.45) is 0 Å². The molecule has 0 fully saturated rings. The highest BCUT2D eigenvalue weighted by Crippen LogP contribution is 2.52. The predicted molar refractivity (Wildman–Crippen MR) is 109 cm³/mol. The third kappa shape index (κ3) is 4.63. The summed E-state index contributed by atoms with van der Waals surface area (Å²) in [4.78, 5) is 2.36. The fourth-order valence-corrected chi connectivity index (χ4v) is 6.67. The van der Waals surface area contributed by atoms with Crippen LogP contribution in [0.2, 0.25) is 0 Å². The van der Waals surface area contributed by atoms with Crippen LogP contribution in [0.1, 0.15) is 0 Å². The lowest BCUT2D eigenvalue weighted by Crippen LogP contribution is -1.99. The number of hydrogen-bond acceptors (Lipinski definition) is 4. The zero-order valence-electron chi connectivity index (χ0n) is 15.2. The molecule has 0 unspecified atom stereocenters. The van der Waals surface area contributed by atoms with Crippen molar-refractivity contribution >= 4 is 30.6 Å². The Hall–Kier alpha value is -2.16. The van der Waals surface area contributed by atoms with Crippen molar-refractivity contribution < 1.29 is 21.2 Å². The SMILES string of the molecule is CS(=O)(=O)c1cccc([SH](c2cccc(F)c2)c2cccc(S(C)(=O)=O)c2)c1. The average Bonchev–Trinajstić information content (AvgIpc) is 2.61. The Morgan fingerprint density at radius 2 is 1.04 bits per heavy atom. The van der Waals surface area contributed by atoms with Gasteiger partial charge in [0.05, 0.1) is 9.79 Å². The Morgan fingerprint density at radius 3 is 1.43 bits per heavy atom. The number of benzene rings is 3. The maximum atomic E-state index is 13.9. The number of thiol groups is 1. The molecule has 0 bridgehead atoms. The van der Waals surface area contributed by atoms with Crippen LogP contribution in [0, 0.1) is 5.82 Å². The van der Waals surface area contributed by atoms with Gasteiger partial charge in [-0.15, -0.1) is 0 Å². The minimum absolute atomic E-state index is 0.160. The van der Waals surface area contributed by atoms with E-state index in [-0.39, 0.29) is 9.79 Å². The van der Waals surface area contributed by atoms with Crippen molar-refractivity contribution in [1.82, 2.24) is 0 Å². The highest BCUT2D eigenvalue weighted by Gasteiger charge is 2.18. The van der Waals surface area contributed by atoms with Gasteiger partial charge in [0.15, 0.2) is 19.7 Å². The fraction of sp³-hybridized carbons (Fsp3) is 0.100. The van der Waals surface area contributed by atoms with Gasteiger partial charge < -0.3 is 0 Å². The van der Waals surface area contributed by atoms with E-state index < -0.39 is 36.4 Å². The number of rotatable bonds is 5. The topological polar surface area (TPSA) is 68.3 Å². The molecule has 0 saturated carbocycles. The van der Waals surface area contributed by atoms with E-state index in [1.165, 1.54) is 24.3 Å². The van der Waals surface area contributed by atoms with Gasteiger partial charge in [-0.3, -0.25) is 0 Å². The Labute approximate surface area is 167 Å². The smallest absolute Gasteiger partial charge is 0.175 e. The molecule has 0 aliphatic rings. The van der Waals surface area contributed by atoms with Crippen LogP contribution in [0.5, 0.6) is 0 Å². The number of hydrogen-bond donors (Lipinski definition) is 1. The fourth-order valence-electron chi connectivity index (χ4n) is 2.77. The van der Waals surface area contributed by atoms with Crippen LogP contribution in [0.3, 0.4) is 0 Å². The van der Waals surface area contributed by atoms with E-state index in [9.17, 15) is 21.2 Å². The zero-order valence-corrected chi connectivity index (χ0v) is 17.7. The van der Waals surface area contributed by atoms with E-state index in [1.807, 2.05) is 0 Å². The quantitative estimate of drug-likeness (QED) is 0.609. The molecule has 3 rings (SSSR count). The van der Waals surface area contributed by atoms with Gasteiger partial charge in [-0.25, -0.2) is 21.2 Å². The lowest BCUT2D eigenvalue weighted by Gasteiger charge is -2.24. The summed E-state index contributed by atoms with van der Waals surface area (Å²) in [5.74, 6) is -0.413. The van der Waals surface area contributed by atoms with Crippen molar-refractivity contribution in [1.29, 1.82) is 0 Å². The molecule has 0 amide bonds. The van der Waals surface area contributed by atoms with Gasteiger partial charge in [0.1, 0.15) is 5.82 Å². The third-order valence-corrected chi connectivity index (χ3v) is 8.68. The predicted octanol–water partition coefficient (Wildman–Crippen LogP) is 4.11. The van der Waals surface area contributed by atoms with Crippen LogP contribution in [-0.2, 0) is 19.7 Å². The molecule has 0 radical (unpaired) electrons. The number of halogens is 1. The lowest BCUT2D eigenvalue weighted by atomic mass is 10.3. The first-order chi connectivity index (χ1) is 13.1. The standard InChI is InChI=1S/C20H19FO4S3/c1-27(22,23)19-10-4-8-17(13-19)26(16-7-3-6-15(21)12-16)18-9-5-11-20(14-18)28(2,24)25/h3-14,26H,1-2H3. The first-order valence-electron chi connectivity index (χ1n) is 8.22. The Bertz CT molecular complexity index is 1160. The van der Waals surface area contributed by atoms with Crippen molar-refractivity contribution in [3.63, 3.8) is 0 Å². The molecule has 0 aromatic heterocycles. The molecule has 0 spiro atoms. The summed E-state index contributed by atoms with van der Waals surface area (Å²) in [5.41, 5.74) is 0. The van der Waals surface area contributed by atoms with Gasteiger partial charge in [-0.05, 0) is 69.3 Å². The molecule has 28 heavy (non-hydrogen) atoms. The number of sulfone groups is 2. The summed E-state index contributed by atoms with van der Waals surface area (Å²) < 4.78 is 61.9. The second-order valence-corrected chi connectivity index (χ2v) is 12.6. The van der Waals surface area contributed by atoms with Crippen molar-refractivity contribution in [2.75, 3.05) is 12.5 Å². The monoisotopic (exact) mass is 438 g/mol. The highest BCUT2D eigenvalue weighted by atomic mass is 32.2. The molecule has 148 valence electrons. The third-order valence-electron chi connectivity index (χ3n) is 4.07. The molecular formula is C20H19FO4S3. The molecule has 3 aromatic carbocycles. The van der Waals surface area contributed by atoms with Gasteiger partial charge >= 0.3 is 0 Å². The normalized spacial score (nSPS) is 12.6. The van der Waals surface area contributed by atoms with Gasteiger partial charge in [-0.1, -0.05) is 18.2 Å². The molecule has 0 aliphatic heterocycles. The molecule has 8 heteroatoms. The van der Waals surface area contributed by atoms with Gasteiger partial charge in [0, 0.05) is 12.5 Å². The first-order valence-corrected chi connectivity index (χ1v) is 13.3. The molecule has 0 heterocycles. The second kappa shape index (κ2) is 7.69. The van der Waals surface area contributed by atoms with E-state index in [1.54, 1.807) is 48.5 Å². The largest absolute Gasteiger partial charge is 0.224 e. The maximum absolute atomic E-state index is 13.9. The summed E-state index contributed by atoms with van der Waals surface area (Å²) in [7, 11) is -8.20. The second-order valence-electron chi connectivity index (χ2n) is 6.35. The first kappa shape index (κ1) is 20.6. The molecule has 0 saturated heterocycles. The van der Waals surface area contributed by atoms with Crippen LogP contribution >= 0.6 is 10.9 Å². The lowest BCUT2D eigenvalue weighted by molar-refractivity contribution is 0.600. The van der Waals surface area contributed by atoms with Crippen LogP contribution in [0.15, 0.2) is 97.3 Å². The summed E-state index contributed by atoms with van der Waals surface area (Å²) in [6.45, 7) is 0. The molecule has 0 atom stereocenters. The van der Waals surface area contributed by atoms with Crippen LogP contribution in [0.4, 0.5) is 4.39 Å². The summed E-state index contributed by atoms with van der Waals surface area (Å²) in [5, 5.41) is 0. The Kier molecular flexibility index (Phi) is 5.65. The molecule has 3 aromatic rings. The highest BCUT2D eigenvalue weighted by molar-refractivity contribution is 8.17. The van der Waals surface area contributed by atoms with Crippen LogP contribution in [-0.4, -0.2) is 29.3 Å². The molecule has 0 aliphatic carbocycles. The molecule has 4 nitrogen and oxygen atoms in total. The van der Waals surface area contributed by atoms with E-state index in [0.717, 1.165) is 12.5 Å². The molecular weight excluding hydrogens is 419 g/mol. The molecule has 0 N–H and O–H groups in total. The summed E-state index contributed by atoms with van der Waals surface area (Å²) in [6, 6.07) is 19.0. The Balaban J connectivity index is 2.26. The average molecular weight is 439 g/mol. The summed E-state index contributed by atoms with van der Waals surface area (Å²) in [6.07, 6.45) is 2.25. The Morgan fingerprint density at radius 1 is 0.643 bits per heavy atom.